The third-order valence-corrected chi connectivity index (χ3v) is 2.69. The molecule has 0 aliphatic heterocycles. The van der Waals surface area contributed by atoms with Crippen molar-refractivity contribution >= 4 is 17.8 Å². The zero-order valence-electron chi connectivity index (χ0n) is 11.8. The van der Waals surface area contributed by atoms with Crippen LogP contribution in [0.1, 0.15) is 11.1 Å². The second-order valence-electron chi connectivity index (χ2n) is 4.59. The van der Waals surface area contributed by atoms with Crippen LogP contribution in [-0.2, 0) is 14.4 Å². The Balaban J connectivity index is 2.68. The second-order valence-corrected chi connectivity index (χ2v) is 4.59. The average molecular weight is 295 g/mol. The number of aliphatic carboxylic acids is 2. The maximum atomic E-state index is 11.8. The largest absolute Gasteiger partial charge is 0.483 e. The van der Waals surface area contributed by atoms with Gasteiger partial charge in [0.2, 0.25) is 0 Å². The van der Waals surface area contributed by atoms with E-state index >= 15 is 0 Å². The van der Waals surface area contributed by atoms with Crippen LogP contribution in [0.4, 0.5) is 0 Å². The third kappa shape index (κ3) is 5.52. The maximum Gasteiger partial charge on any atom is 0.323 e. The number of nitrogens with zero attached hydrogens (tertiary/aromatic N) is 1. The summed E-state index contributed by atoms with van der Waals surface area (Å²) >= 11 is 0. The Morgan fingerprint density at radius 2 is 1.67 bits per heavy atom. The molecule has 0 saturated heterocycles. The molecule has 7 nitrogen and oxygen atoms in total. The van der Waals surface area contributed by atoms with Crippen molar-refractivity contribution in [1.82, 2.24) is 4.90 Å². The van der Waals surface area contributed by atoms with Gasteiger partial charge in [-0.15, -0.1) is 0 Å². The number of benzene rings is 1. The summed E-state index contributed by atoms with van der Waals surface area (Å²) in [4.78, 5) is 33.8. The zero-order chi connectivity index (χ0) is 16.0. The SMILES string of the molecule is Cc1ccc(OCC(=O)N(CC(=O)O)CC(=O)O)c(C)c1. The van der Waals surface area contributed by atoms with Gasteiger partial charge in [-0.1, -0.05) is 17.7 Å². The summed E-state index contributed by atoms with van der Waals surface area (Å²) in [6.45, 7) is 1.97. The molecule has 7 heteroatoms. The fraction of sp³-hybridized carbons (Fsp3) is 0.357. The summed E-state index contributed by atoms with van der Waals surface area (Å²) < 4.78 is 5.32. The number of carboxylic acid groups (broad SMARTS) is 2. The molecule has 0 aliphatic rings. The van der Waals surface area contributed by atoms with Gasteiger partial charge in [-0.25, -0.2) is 0 Å². The Hall–Kier alpha value is -2.57. The van der Waals surface area contributed by atoms with Gasteiger partial charge >= 0.3 is 11.9 Å². The zero-order valence-corrected chi connectivity index (χ0v) is 11.8. The Kier molecular flexibility index (Phi) is 5.71. The molecule has 114 valence electrons. The van der Waals surface area contributed by atoms with Gasteiger partial charge in [0.25, 0.3) is 5.91 Å². The Morgan fingerprint density at radius 3 is 2.14 bits per heavy atom. The third-order valence-electron chi connectivity index (χ3n) is 2.69. The lowest BCUT2D eigenvalue weighted by atomic mass is 10.1. The van der Waals surface area contributed by atoms with E-state index in [4.69, 9.17) is 14.9 Å². The van der Waals surface area contributed by atoms with Crippen LogP contribution in [0.2, 0.25) is 0 Å². The van der Waals surface area contributed by atoms with Crippen molar-refractivity contribution in [3.63, 3.8) is 0 Å². The molecule has 1 aromatic rings. The molecule has 0 radical (unpaired) electrons. The van der Waals surface area contributed by atoms with E-state index in [1.54, 1.807) is 6.07 Å². The van der Waals surface area contributed by atoms with Crippen molar-refractivity contribution in [2.24, 2.45) is 0 Å². The lowest BCUT2D eigenvalue weighted by Gasteiger charge is -2.19. The number of amides is 1. The second kappa shape index (κ2) is 7.28. The van der Waals surface area contributed by atoms with Gasteiger partial charge in [-0.2, -0.15) is 0 Å². The lowest BCUT2D eigenvalue weighted by molar-refractivity contribution is -0.150. The highest BCUT2D eigenvalue weighted by Gasteiger charge is 2.20. The first-order valence-corrected chi connectivity index (χ1v) is 6.21. The van der Waals surface area contributed by atoms with Gasteiger partial charge in [0.05, 0.1) is 0 Å². The van der Waals surface area contributed by atoms with E-state index < -0.39 is 37.5 Å². The number of aryl methyl sites for hydroxylation is 2. The average Bonchev–Trinajstić information content (AvgIpc) is 2.35. The van der Waals surface area contributed by atoms with E-state index in [1.165, 1.54) is 0 Å². The van der Waals surface area contributed by atoms with Crippen molar-refractivity contribution in [2.75, 3.05) is 19.7 Å². The highest BCUT2D eigenvalue weighted by Crippen LogP contribution is 2.18. The van der Waals surface area contributed by atoms with Crippen LogP contribution in [-0.4, -0.2) is 52.7 Å². The standard InChI is InChI=1S/C14H17NO6/c1-9-3-4-11(10(2)5-9)21-8-12(16)15(6-13(17)18)7-14(19)20/h3-5H,6-8H2,1-2H3,(H,17,18)(H,19,20). The van der Waals surface area contributed by atoms with Crippen LogP contribution in [0, 0.1) is 13.8 Å². The molecule has 0 aromatic heterocycles. The first kappa shape index (κ1) is 16.5. The van der Waals surface area contributed by atoms with Gasteiger partial charge < -0.3 is 19.8 Å². The van der Waals surface area contributed by atoms with Crippen LogP contribution < -0.4 is 4.74 Å². The molecule has 0 saturated carbocycles. The molecule has 21 heavy (non-hydrogen) atoms. The van der Waals surface area contributed by atoms with Crippen molar-refractivity contribution in [3.05, 3.63) is 29.3 Å². The number of rotatable bonds is 7. The van der Waals surface area contributed by atoms with E-state index in [2.05, 4.69) is 0 Å². The van der Waals surface area contributed by atoms with Crippen LogP contribution in [0.3, 0.4) is 0 Å². The minimum Gasteiger partial charge on any atom is -0.483 e. The van der Waals surface area contributed by atoms with Gasteiger partial charge in [-0.3, -0.25) is 14.4 Å². The van der Waals surface area contributed by atoms with Crippen molar-refractivity contribution in [3.8, 4) is 5.75 Å². The first-order chi connectivity index (χ1) is 9.79. The van der Waals surface area contributed by atoms with E-state index in [-0.39, 0.29) is 0 Å². The first-order valence-electron chi connectivity index (χ1n) is 6.21. The number of hydrogen-bond acceptors (Lipinski definition) is 4. The van der Waals surface area contributed by atoms with E-state index in [9.17, 15) is 14.4 Å². The van der Waals surface area contributed by atoms with Gasteiger partial charge in [-0.05, 0) is 25.5 Å². The van der Waals surface area contributed by atoms with E-state index in [0.29, 0.717) is 10.6 Å². The highest BCUT2D eigenvalue weighted by molar-refractivity contribution is 5.85. The quantitative estimate of drug-likeness (QED) is 0.766. The normalized spacial score (nSPS) is 10.0. The van der Waals surface area contributed by atoms with Crippen LogP contribution >= 0.6 is 0 Å². The molecule has 0 unspecified atom stereocenters. The summed E-state index contributed by atoms with van der Waals surface area (Å²) in [5, 5.41) is 17.4. The number of carbonyl (C=O) groups excluding carboxylic acids is 1. The minimum atomic E-state index is -1.28. The lowest BCUT2D eigenvalue weighted by Crippen LogP contribution is -2.41. The van der Waals surface area contributed by atoms with Gasteiger partial charge in [0.1, 0.15) is 18.8 Å². The fourth-order valence-electron chi connectivity index (χ4n) is 1.75. The molecule has 1 rings (SSSR count). The van der Waals surface area contributed by atoms with Crippen LogP contribution in [0.15, 0.2) is 18.2 Å². The van der Waals surface area contributed by atoms with E-state index in [1.807, 2.05) is 26.0 Å². The molecule has 1 aromatic carbocycles. The van der Waals surface area contributed by atoms with Crippen LogP contribution in [0.5, 0.6) is 5.75 Å². The summed E-state index contributed by atoms with van der Waals surface area (Å²) in [5.41, 5.74) is 1.88. The molecule has 0 atom stereocenters. The maximum absolute atomic E-state index is 11.8. The number of carbonyl (C=O) groups is 3. The summed E-state index contributed by atoms with van der Waals surface area (Å²) in [6, 6.07) is 5.40. The number of carboxylic acids is 2. The Bertz CT molecular complexity index is 538. The summed E-state index contributed by atoms with van der Waals surface area (Å²) in [7, 11) is 0. The Labute approximate surface area is 121 Å². The van der Waals surface area contributed by atoms with Gasteiger partial charge in [0.15, 0.2) is 6.61 Å². The predicted molar refractivity (Wildman–Crippen MR) is 73.3 cm³/mol. The molecule has 0 spiro atoms. The molecule has 0 bridgehead atoms. The van der Waals surface area contributed by atoms with Gasteiger partial charge in [0, 0.05) is 0 Å². The van der Waals surface area contributed by atoms with Crippen molar-refractivity contribution < 1.29 is 29.3 Å². The molecule has 0 aliphatic carbocycles. The Morgan fingerprint density at radius 1 is 1.10 bits per heavy atom. The fourth-order valence-corrected chi connectivity index (χ4v) is 1.75. The monoisotopic (exact) mass is 295 g/mol. The van der Waals surface area contributed by atoms with Crippen molar-refractivity contribution in [2.45, 2.75) is 13.8 Å². The molecular formula is C14H17NO6. The molecule has 0 heterocycles. The molecule has 2 N–H and O–H groups in total. The highest BCUT2D eigenvalue weighted by atomic mass is 16.5. The summed E-state index contributed by atoms with van der Waals surface area (Å²) in [5.74, 6) is -2.76. The van der Waals surface area contributed by atoms with Crippen molar-refractivity contribution in [1.29, 1.82) is 0 Å². The topological polar surface area (TPSA) is 104 Å². The predicted octanol–water partition coefficient (Wildman–Crippen LogP) is 0.680. The number of ether oxygens (including phenoxy) is 1. The summed E-state index contributed by atoms with van der Waals surface area (Å²) in [6.07, 6.45) is 0. The van der Waals surface area contributed by atoms with E-state index in [0.717, 1.165) is 11.1 Å². The molecular weight excluding hydrogens is 278 g/mol. The smallest absolute Gasteiger partial charge is 0.323 e. The van der Waals surface area contributed by atoms with Crippen LogP contribution in [0.25, 0.3) is 0 Å². The molecule has 1 amide bonds. The molecule has 0 fully saturated rings. The number of hydrogen-bond donors (Lipinski definition) is 2. The minimum absolute atomic E-state index is 0.412.